The summed E-state index contributed by atoms with van der Waals surface area (Å²) in [6.07, 6.45) is 5.59. The van der Waals surface area contributed by atoms with E-state index in [4.69, 9.17) is 0 Å². The van der Waals surface area contributed by atoms with Crippen LogP contribution in [0.1, 0.15) is 78.6 Å². The molecule has 5 nitrogen and oxygen atoms in total. The maximum atomic E-state index is 11.3. The summed E-state index contributed by atoms with van der Waals surface area (Å²) in [6.45, 7) is 6.84. The van der Waals surface area contributed by atoms with Gasteiger partial charge in [0, 0.05) is 5.97 Å². The Morgan fingerprint density at radius 3 is 2.31 bits per heavy atom. The van der Waals surface area contributed by atoms with Crippen molar-refractivity contribution < 1.29 is 25.2 Å². The van der Waals surface area contributed by atoms with Gasteiger partial charge in [-0.05, 0) is 104 Å². The van der Waals surface area contributed by atoms with Gasteiger partial charge in [-0.1, -0.05) is 20.8 Å². The maximum absolute atomic E-state index is 11.3. The van der Waals surface area contributed by atoms with Gasteiger partial charge in [0.1, 0.15) is 0 Å². The first-order valence-corrected chi connectivity index (χ1v) is 11.8. The molecule has 4 saturated carbocycles. The normalized spacial score (nSPS) is 52.9. The standard InChI is InChI=1S/C24H40O5/c1-13(4-7-19(26)27)15-5-6-16-20-17(9-11-23(15,16)2)24(3)10-8-14(25)12-18(24)21(28)22(20)29/h13-18,20-22,25,28-29H,4-12H2,1-3H3,(H,26,27)/p-1/t13-,14-,15-,16+,17+,18+,20+,21?,22?,23-,24-/m1/s1. The van der Waals surface area contributed by atoms with Crippen LogP contribution in [-0.2, 0) is 4.79 Å². The van der Waals surface area contributed by atoms with Gasteiger partial charge >= 0.3 is 0 Å². The molecular formula is C24H39O5-. The lowest BCUT2D eigenvalue weighted by Crippen LogP contribution is -2.64. The summed E-state index contributed by atoms with van der Waals surface area (Å²) >= 11 is 0. The van der Waals surface area contributed by atoms with Crippen LogP contribution in [0.3, 0.4) is 0 Å². The van der Waals surface area contributed by atoms with Crippen molar-refractivity contribution in [3.8, 4) is 0 Å². The van der Waals surface area contributed by atoms with E-state index in [9.17, 15) is 25.2 Å². The van der Waals surface area contributed by atoms with Crippen LogP contribution >= 0.6 is 0 Å². The van der Waals surface area contributed by atoms with Crippen LogP contribution in [0.4, 0.5) is 0 Å². The molecule has 0 bridgehead atoms. The fraction of sp³-hybridized carbons (Fsp3) is 0.958. The molecule has 5 heteroatoms. The van der Waals surface area contributed by atoms with Crippen LogP contribution in [0.2, 0.25) is 0 Å². The lowest BCUT2D eigenvalue weighted by atomic mass is 9.43. The average Bonchev–Trinajstić information content (AvgIpc) is 3.02. The fourth-order valence-corrected chi connectivity index (χ4v) is 8.76. The van der Waals surface area contributed by atoms with Crippen LogP contribution in [0, 0.1) is 46.3 Å². The smallest absolute Gasteiger partial charge is 0.0836 e. The molecular weight excluding hydrogens is 368 g/mol. The quantitative estimate of drug-likeness (QED) is 0.663. The molecule has 166 valence electrons. The van der Waals surface area contributed by atoms with Gasteiger partial charge in [-0.15, -0.1) is 0 Å². The largest absolute Gasteiger partial charge is 0.550 e. The van der Waals surface area contributed by atoms with Crippen LogP contribution in [0.15, 0.2) is 0 Å². The molecule has 0 heterocycles. The van der Waals surface area contributed by atoms with Gasteiger partial charge in [0.2, 0.25) is 0 Å². The Balaban J connectivity index is 1.59. The van der Waals surface area contributed by atoms with Crippen molar-refractivity contribution in [2.24, 2.45) is 46.3 Å². The van der Waals surface area contributed by atoms with Crippen LogP contribution < -0.4 is 5.11 Å². The summed E-state index contributed by atoms with van der Waals surface area (Å²) in [5.74, 6) is 0.697. The molecule has 3 N–H and O–H groups in total. The molecule has 0 aromatic carbocycles. The second kappa shape index (κ2) is 7.49. The van der Waals surface area contributed by atoms with Crippen LogP contribution in [-0.4, -0.2) is 39.6 Å². The van der Waals surface area contributed by atoms with Gasteiger partial charge in [-0.25, -0.2) is 0 Å². The van der Waals surface area contributed by atoms with Gasteiger partial charge in [-0.3, -0.25) is 0 Å². The number of aliphatic hydroxyl groups excluding tert-OH is 3. The fourth-order valence-electron chi connectivity index (χ4n) is 8.76. The Kier molecular flexibility index (Phi) is 5.57. The second-order valence-corrected chi connectivity index (χ2v) is 11.4. The van der Waals surface area contributed by atoms with Crippen molar-refractivity contribution in [2.45, 2.75) is 96.9 Å². The molecule has 4 fully saturated rings. The van der Waals surface area contributed by atoms with Crippen molar-refractivity contribution in [3.05, 3.63) is 0 Å². The molecule has 0 spiro atoms. The van der Waals surface area contributed by atoms with E-state index in [1.807, 2.05) is 0 Å². The van der Waals surface area contributed by atoms with E-state index >= 15 is 0 Å². The third-order valence-corrected chi connectivity index (χ3v) is 10.3. The van der Waals surface area contributed by atoms with Crippen molar-refractivity contribution in [2.75, 3.05) is 0 Å². The van der Waals surface area contributed by atoms with Crippen molar-refractivity contribution >= 4 is 5.97 Å². The minimum atomic E-state index is -0.968. The summed E-state index contributed by atoms with van der Waals surface area (Å²) in [7, 11) is 0. The summed E-state index contributed by atoms with van der Waals surface area (Å²) in [5.41, 5.74) is 0.0904. The van der Waals surface area contributed by atoms with E-state index in [1.165, 1.54) is 0 Å². The maximum Gasteiger partial charge on any atom is 0.0836 e. The predicted octanol–water partition coefficient (Wildman–Crippen LogP) is 2.11. The number of fused-ring (bicyclic) bond motifs is 5. The highest BCUT2D eigenvalue weighted by molar-refractivity contribution is 5.64. The third kappa shape index (κ3) is 3.27. The number of aliphatic carboxylic acids is 1. The number of aliphatic hydroxyl groups is 3. The van der Waals surface area contributed by atoms with Crippen LogP contribution in [0.25, 0.3) is 0 Å². The Hall–Kier alpha value is -0.650. The van der Waals surface area contributed by atoms with E-state index < -0.39 is 18.2 Å². The zero-order valence-electron chi connectivity index (χ0n) is 18.2. The number of hydrogen-bond donors (Lipinski definition) is 3. The molecule has 29 heavy (non-hydrogen) atoms. The molecule has 4 aliphatic rings. The van der Waals surface area contributed by atoms with Gasteiger partial charge < -0.3 is 25.2 Å². The van der Waals surface area contributed by atoms with Gasteiger partial charge in [-0.2, -0.15) is 0 Å². The topological polar surface area (TPSA) is 101 Å². The number of carbonyl (C=O) groups is 1. The highest BCUT2D eigenvalue weighted by atomic mass is 16.4. The third-order valence-electron chi connectivity index (χ3n) is 10.3. The van der Waals surface area contributed by atoms with Gasteiger partial charge in [0.05, 0.1) is 18.3 Å². The highest BCUT2D eigenvalue weighted by Gasteiger charge is 2.65. The first-order chi connectivity index (χ1) is 13.6. The number of carboxylic acids is 1. The molecule has 0 radical (unpaired) electrons. The zero-order chi connectivity index (χ0) is 21.1. The SMILES string of the molecule is C[C@H](CCC(=O)[O-])[C@H]1CC[C@H]2[C@@H]3C(O)C(O)[C@@H]4C[C@H](O)CC[C@]4(C)[C@H]3CC[C@]12C. The number of carbonyl (C=O) groups excluding carboxylic acids is 1. The number of rotatable bonds is 4. The van der Waals surface area contributed by atoms with E-state index in [0.717, 1.165) is 38.5 Å². The van der Waals surface area contributed by atoms with Crippen LogP contribution in [0.5, 0.6) is 0 Å². The van der Waals surface area contributed by atoms with Crippen molar-refractivity contribution in [1.29, 1.82) is 0 Å². The van der Waals surface area contributed by atoms with E-state index in [-0.39, 0.29) is 35.2 Å². The van der Waals surface area contributed by atoms with E-state index in [0.29, 0.717) is 36.5 Å². The summed E-state index contributed by atoms with van der Waals surface area (Å²) < 4.78 is 0. The molecule has 11 atom stereocenters. The number of hydrogen-bond acceptors (Lipinski definition) is 5. The second-order valence-electron chi connectivity index (χ2n) is 11.4. The number of carboxylic acid groups (broad SMARTS) is 1. The summed E-state index contributed by atoms with van der Waals surface area (Å²) in [4.78, 5) is 11.0. The predicted molar refractivity (Wildman–Crippen MR) is 107 cm³/mol. The molecule has 0 aliphatic heterocycles. The Morgan fingerprint density at radius 1 is 0.966 bits per heavy atom. The van der Waals surface area contributed by atoms with E-state index in [2.05, 4.69) is 20.8 Å². The summed E-state index contributed by atoms with van der Waals surface area (Å²) in [5, 5.41) is 43.5. The minimum Gasteiger partial charge on any atom is -0.550 e. The lowest BCUT2D eigenvalue weighted by Gasteiger charge is -2.63. The van der Waals surface area contributed by atoms with Crippen molar-refractivity contribution in [3.63, 3.8) is 0 Å². The first kappa shape index (κ1) is 21.6. The molecule has 2 unspecified atom stereocenters. The van der Waals surface area contributed by atoms with Crippen molar-refractivity contribution in [1.82, 2.24) is 0 Å². The Labute approximate surface area is 174 Å². The average molecular weight is 408 g/mol. The Morgan fingerprint density at radius 2 is 1.62 bits per heavy atom. The molecule has 0 aromatic rings. The molecule has 4 aliphatic carbocycles. The Bertz CT molecular complexity index is 637. The summed E-state index contributed by atoms with van der Waals surface area (Å²) in [6, 6.07) is 0. The van der Waals surface area contributed by atoms with Gasteiger partial charge in [0.15, 0.2) is 0 Å². The zero-order valence-corrected chi connectivity index (χ0v) is 18.2. The minimum absolute atomic E-state index is 0.0114. The highest BCUT2D eigenvalue weighted by Crippen LogP contribution is 2.68. The monoisotopic (exact) mass is 407 g/mol. The molecule has 4 rings (SSSR count). The molecule has 0 saturated heterocycles. The van der Waals surface area contributed by atoms with E-state index in [1.54, 1.807) is 0 Å². The molecule has 0 amide bonds. The lowest BCUT2D eigenvalue weighted by molar-refractivity contribution is -0.306. The van der Waals surface area contributed by atoms with Gasteiger partial charge in [0.25, 0.3) is 0 Å². The molecule has 0 aromatic heterocycles. The first-order valence-electron chi connectivity index (χ1n) is 11.8.